The van der Waals surface area contributed by atoms with E-state index in [1.54, 1.807) is 4.90 Å². The van der Waals surface area contributed by atoms with Crippen LogP contribution in [0.1, 0.15) is 64.7 Å². The fourth-order valence-corrected chi connectivity index (χ4v) is 3.99. The molecule has 180 valence electrons. The van der Waals surface area contributed by atoms with Gasteiger partial charge in [-0.2, -0.15) is 0 Å². The van der Waals surface area contributed by atoms with Gasteiger partial charge in [0, 0.05) is 12.6 Å². The van der Waals surface area contributed by atoms with E-state index in [2.05, 4.69) is 42.0 Å². The average molecular weight is 518 g/mol. The number of rotatable bonds is 9. The van der Waals surface area contributed by atoms with Crippen LogP contribution in [0.3, 0.4) is 0 Å². The van der Waals surface area contributed by atoms with Crippen LogP contribution in [0.2, 0.25) is 0 Å². The molecule has 0 saturated heterocycles. The van der Waals surface area contributed by atoms with Crippen molar-refractivity contribution in [3.63, 3.8) is 0 Å². The average Bonchev–Trinajstić information content (AvgIpc) is 2.72. The zero-order chi connectivity index (χ0) is 24.8. The molecule has 33 heavy (non-hydrogen) atoms. The molecule has 6 heteroatoms. The lowest BCUT2D eigenvalue weighted by Gasteiger charge is -2.31. The zero-order valence-corrected chi connectivity index (χ0v) is 22.5. The van der Waals surface area contributed by atoms with Gasteiger partial charge in [0.15, 0.2) is 6.61 Å². The second kappa shape index (κ2) is 11.7. The van der Waals surface area contributed by atoms with Crippen LogP contribution in [0.25, 0.3) is 0 Å². The predicted octanol–water partition coefficient (Wildman–Crippen LogP) is 5.77. The normalized spacial score (nSPS) is 12.4. The number of hydrogen-bond acceptors (Lipinski definition) is 3. The molecule has 1 N–H and O–H groups in total. The van der Waals surface area contributed by atoms with Crippen LogP contribution in [0, 0.1) is 6.92 Å². The second-order valence-electron chi connectivity index (χ2n) is 9.78. The molecule has 5 nitrogen and oxygen atoms in total. The highest BCUT2D eigenvalue weighted by Gasteiger charge is 2.29. The summed E-state index contributed by atoms with van der Waals surface area (Å²) in [6.45, 7) is 14.4. The quantitative estimate of drug-likeness (QED) is 0.460. The Morgan fingerprint density at radius 2 is 1.73 bits per heavy atom. The summed E-state index contributed by atoms with van der Waals surface area (Å²) in [6.07, 6.45) is 0.514. The van der Waals surface area contributed by atoms with Gasteiger partial charge in [0.2, 0.25) is 5.91 Å². The minimum absolute atomic E-state index is 0.00332. The molecular weight excluding hydrogens is 480 g/mol. The van der Waals surface area contributed by atoms with Gasteiger partial charge in [-0.25, -0.2) is 0 Å². The Hall–Kier alpha value is -2.34. The van der Waals surface area contributed by atoms with E-state index in [9.17, 15) is 9.59 Å². The van der Waals surface area contributed by atoms with Gasteiger partial charge in [0.05, 0.1) is 4.47 Å². The summed E-state index contributed by atoms with van der Waals surface area (Å²) in [5, 5.41) is 2.95. The van der Waals surface area contributed by atoms with Crippen molar-refractivity contribution < 1.29 is 14.3 Å². The Labute approximate surface area is 207 Å². The first-order valence-electron chi connectivity index (χ1n) is 11.5. The Balaban J connectivity index is 2.23. The lowest BCUT2D eigenvalue weighted by atomic mass is 9.87. The van der Waals surface area contributed by atoms with E-state index in [1.807, 2.05) is 70.2 Å². The summed E-state index contributed by atoms with van der Waals surface area (Å²) in [5.41, 5.74) is 3.30. The van der Waals surface area contributed by atoms with Crippen molar-refractivity contribution in [2.24, 2.45) is 0 Å². The molecule has 2 amide bonds. The summed E-state index contributed by atoms with van der Waals surface area (Å²) in [6, 6.07) is 13.3. The Kier molecular flexibility index (Phi) is 9.53. The Morgan fingerprint density at radius 3 is 2.24 bits per heavy atom. The van der Waals surface area contributed by atoms with E-state index < -0.39 is 6.04 Å². The number of nitrogens with one attached hydrogen (secondary N) is 1. The molecule has 0 radical (unpaired) electrons. The summed E-state index contributed by atoms with van der Waals surface area (Å²) in [7, 11) is 0. The highest BCUT2D eigenvalue weighted by Crippen LogP contribution is 2.31. The van der Waals surface area contributed by atoms with Crippen LogP contribution in [0.15, 0.2) is 46.9 Å². The zero-order valence-electron chi connectivity index (χ0n) is 20.9. The molecule has 1 atom stereocenters. The third-order valence-electron chi connectivity index (χ3n) is 5.44. The highest BCUT2D eigenvalue weighted by atomic mass is 79.9. The topological polar surface area (TPSA) is 58.6 Å². The van der Waals surface area contributed by atoms with Crippen LogP contribution < -0.4 is 10.1 Å². The van der Waals surface area contributed by atoms with Gasteiger partial charge in [0.1, 0.15) is 11.8 Å². The number of halogens is 1. The molecule has 2 aromatic rings. The fraction of sp³-hybridized carbons (Fsp3) is 0.481. The summed E-state index contributed by atoms with van der Waals surface area (Å²) >= 11 is 3.57. The van der Waals surface area contributed by atoms with Gasteiger partial charge in [0.25, 0.3) is 5.91 Å². The van der Waals surface area contributed by atoms with Crippen LogP contribution in [0.4, 0.5) is 0 Å². The minimum atomic E-state index is -0.573. The Morgan fingerprint density at radius 1 is 1.09 bits per heavy atom. The van der Waals surface area contributed by atoms with Gasteiger partial charge in [-0.05, 0) is 71.8 Å². The molecule has 0 aliphatic heterocycles. The number of nitrogens with zero attached hydrogens (tertiary/aromatic N) is 1. The summed E-state index contributed by atoms with van der Waals surface area (Å²) < 4.78 is 6.69. The van der Waals surface area contributed by atoms with Crippen LogP contribution in [0.5, 0.6) is 5.75 Å². The van der Waals surface area contributed by atoms with Crippen LogP contribution in [-0.4, -0.2) is 35.4 Å². The number of carbonyl (C=O) groups is 2. The van der Waals surface area contributed by atoms with Crippen molar-refractivity contribution in [1.82, 2.24) is 10.2 Å². The van der Waals surface area contributed by atoms with Gasteiger partial charge >= 0.3 is 0 Å². The molecule has 0 heterocycles. The molecule has 0 bridgehead atoms. The van der Waals surface area contributed by atoms with E-state index in [0.717, 1.165) is 15.6 Å². The maximum atomic E-state index is 13.3. The summed E-state index contributed by atoms with van der Waals surface area (Å²) in [4.78, 5) is 27.8. The molecule has 2 aromatic carbocycles. The SMILES string of the molecule is CC[C@@H](C(=O)NC(C)C)N(Cc1ccc(C)cc1)C(=O)COc1ccc(C(C)(C)C)cc1Br. The molecular formula is C27H37BrN2O3. The number of amides is 2. The molecule has 0 aliphatic carbocycles. The van der Waals surface area contributed by atoms with Crippen molar-refractivity contribution in [2.45, 2.75) is 78.9 Å². The lowest BCUT2D eigenvalue weighted by Crippen LogP contribution is -2.51. The van der Waals surface area contributed by atoms with Crippen molar-refractivity contribution >= 4 is 27.7 Å². The molecule has 0 fully saturated rings. The summed E-state index contributed by atoms with van der Waals surface area (Å²) in [5.74, 6) is 0.225. The molecule has 0 spiro atoms. The van der Waals surface area contributed by atoms with E-state index in [-0.39, 0.29) is 29.9 Å². The fourth-order valence-electron chi connectivity index (χ4n) is 3.50. The van der Waals surface area contributed by atoms with Gasteiger partial charge in [-0.3, -0.25) is 9.59 Å². The van der Waals surface area contributed by atoms with E-state index >= 15 is 0 Å². The number of ether oxygens (including phenoxy) is 1. The highest BCUT2D eigenvalue weighted by molar-refractivity contribution is 9.10. The van der Waals surface area contributed by atoms with Gasteiger partial charge < -0.3 is 15.0 Å². The van der Waals surface area contributed by atoms with Gasteiger partial charge in [-0.15, -0.1) is 0 Å². The third-order valence-corrected chi connectivity index (χ3v) is 6.06. The lowest BCUT2D eigenvalue weighted by molar-refractivity contribution is -0.143. The largest absolute Gasteiger partial charge is 0.483 e. The van der Waals surface area contributed by atoms with Crippen LogP contribution >= 0.6 is 15.9 Å². The predicted molar refractivity (Wildman–Crippen MR) is 137 cm³/mol. The number of hydrogen-bond donors (Lipinski definition) is 1. The molecule has 2 rings (SSSR count). The van der Waals surface area contributed by atoms with Gasteiger partial charge in [-0.1, -0.05) is 63.6 Å². The van der Waals surface area contributed by atoms with Crippen molar-refractivity contribution in [2.75, 3.05) is 6.61 Å². The smallest absolute Gasteiger partial charge is 0.261 e. The second-order valence-corrected chi connectivity index (χ2v) is 10.6. The number of carbonyl (C=O) groups excluding carboxylic acids is 2. The molecule has 0 aliphatic rings. The van der Waals surface area contributed by atoms with Crippen molar-refractivity contribution in [3.8, 4) is 5.75 Å². The van der Waals surface area contributed by atoms with Crippen molar-refractivity contribution in [1.29, 1.82) is 0 Å². The van der Waals surface area contributed by atoms with Crippen molar-refractivity contribution in [3.05, 3.63) is 63.6 Å². The Bertz CT molecular complexity index is 949. The first-order chi connectivity index (χ1) is 15.4. The van der Waals surface area contributed by atoms with Crippen LogP contribution in [-0.2, 0) is 21.5 Å². The standard InChI is InChI=1S/C27H37BrN2O3/c1-8-23(26(32)29-18(2)3)30(16-20-11-9-19(4)10-12-20)25(31)17-33-24-14-13-21(15-22(24)28)27(5,6)7/h9-15,18,23H,8,16-17H2,1-7H3,(H,29,32)/t23-/m0/s1. The maximum Gasteiger partial charge on any atom is 0.261 e. The van der Waals surface area contributed by atoms with E-state index in [1.165, 1.54) is 5.56 Å². The van der Waals surface area contributed by atoms with E-state index in [4.69, 9.17) is 4.74 Å². The molecule has 0 saturated carbocycles. The third kappa shape index (κ3) is 7.88. The first-order valence-corrected chi connectivity index (χ1v) is 12.3. The molecule has 0 aromatic heterocycles. The maximum absolute atomic E-state index is 13.3. The minimum Gasteiger partial charge on any atom is -0.483 e. The first kappa shape index (κ1) is 26.9. The van der Waals surface area contributed by atoms with E-state index in [0.29, 0.717) is 18.7 Å². The monoisotopic (exact) mass is 516 g/mol. The molecule has 0 unspecified atom stereocenters. The number of aryl methyl sites for hydroxylation is 1. The number of benzene rings is 2.